The highest BCUT2D eigenvalue weighted by atomic mass is 16.6. The van der Waals surface area contributed by atoms with Gasteiger partial charge in [-0.1, -0.05) is 26.7 Å². The van der Waals surface area contributed by atoms with Crippen LogP contribution in [0.15, 0.2) is 0 Å². The standard InChI is InChI=1S/C16H26O4/c1-8-11(2)16(6,7)20-14(19)9-12(3)15(4,5)10-13(17)18/h1,11-12H,9-10H2,2-7H3,(H,17,18). The summed E-state index contributed by atoms with van der Waals surface area (Å²) in [6.07, 6.45) is 5.55. The molecule has 1 N–H and O–H groups in total. The van der Waals surface area contributed by atoms with Crippen LogP contribution in [-0.2, 0) is 14.3 Å². The van der Waals surface area contributed by atoms with Crippen LogP contribution in [0.25, 0.3) is 0 Å². The average Bonchev–Trinajstić information content (AvgIpc) is 2.24. The van der Waals surface area contributed by atoms with Crippen LogP contribution in [0.2, 0.25) is 0 Å². The van der Waals surface area contributed by atoms with Gasteiger partial charge in [-0.3, -0.25) is 9.59 Å². The fourth-order valence-corrected chi connectivity index (χ4v) is 1.71. The fourth-order valence-electron chi connectivity index (χ4n) is 1.71. The molecule has 0 fully saturated rings. The fraction of sp³-hybridized carbons (Fsp3) is 0.750. The van der Waals surface area contributed by atoms with Crippen LogP contribution in [-0.4, -0.2) is 22.6 Å². The van der Waals surface area contributed by atoms with E-state index < -0.39 is 17.0 Å². The molecule has 4 nitrogen and oxygen atoms in total. The first-order valence-corrected chi connectivity index (χ1v) is 6.82. The topological polar surface area (TPSA) is 63.6 Å². The molecule has 0 aromatic carbocycles. The molecular formula is C16H26O4. The molecule has 0 bridgehead atoms. The maximum atomic E-state index is 12.0. The lowest BCUT2D eigenvalue weighted by atomic mass is 9.75. The van der Waals surface area contributed by atoms with E-state index in [-0.39, 0.29) is 30.6 Å². The summed E-state index contributed by atoms with van der Waals surface area (Å²) in [5.74, 6) is 1.08. The van der Waals surface area contributed by atoms with Gasteiger partial charge in [0.05, 0.1) is 12.3 Å². The molecule has 4 heteroatoms. The molecule has 0 rings (SSSR count). The summed E-state index contributed by atoms with van der Waals surface area (Å²) in [4.78, 5) is 22.8. The molecule has 2 atom stereocenters. The van der Waals surface area contributed by atoms with Crippen LogP contribution >= 0.6 is 0 Å². The van der Waals surface area contributed by atoms with E-state index in [9.17, 15) is 9.59 Å². The average molecular weight is 282 g/mol. The van der Waals surface area contributed by atoms with Crippen LogP contribution in [0.5, 0.6) is 0 Å². The van der Waals surface area contributed by atoms with E-state index >= 15 is 0 Å². The van der Waals surface area contributed by atoms with Crippen LogP contribution in [0.4, 0.5) is 0 Å². The zero-order chi connectivity index (χ0) is 16.1. The minimum atomic E-state index is -0.864. The van der Waals surface area contributed by atoms with Gasteiger partial charge in [-0.2, -0.15) is 0 Å². The summed E-state index contributed by atoms with van der Waals surface area (Å²) in [6, 6.07) is 0. The number of aliphatic carboxylic acids is 1. The van der Waals surface area contributed by atoms with Crippen molar-refractivity contribution >= 4 is 11.9 Å². The van der Waals surface area contributed by atoms with Gasteiger partial charge in [-0.25, -0.2) is 0 Å². The largest absolute Gasteiger partial charge is 0.481 e. The highest BCUT2D eigenvalue weighted by Gasteiger charge is 2.33. The highest BCUT2D eigenvalue weighted by Crippen LogP contribution is 2.33. The molecular weight excluding hydrogens is 256 g/mol. The molecule has 0 aliphatic rings. The van der Waals surface area contributed by atoms with Crippen molar-refractivity contribution < 1.29 is 19.4 Å². The van der Waals surface area contributed by atoms with Gasteiger partial charge in [0.25, 0.3) is 0 Å². The van der Waals surface area contributed by atoms with Crippen LogP contribution in [0, 0.1) is 29.6 Å². The van der Waals surface area contributed by atoms with Gasteiger partial charge < -0.3 is 9.84 Å². The first kappa shape index (κ1) is 18.5. The molecule has 0 aromatic heterocycles. The summed E-state index contributed by atoms with van der Waals surface area (Å²) in [7, 11) is 0. The predicted octanol–water partition coefficient (Wildman–Crippen LogP) is 3.10. The normalized spacial score (nSPS) is 15.1. The van der Waals surface area contributed by atoms with E-state index in [1.807, 2.05) is 27.7 Å². The first-order chi connectivity index (χ1) is 8.92. The number of carbonyl (C=O) groups is 2. The van der Waals surface area contributed by atoms with E-state index in [1.54, 1.807) is 13.8 Å². The first-order valence-electron chi connectivity index (χ1n) is 6.82. The van der Waals surface area contributed by atoms with Crippen LogP contribution in [0.1, 0.15) is 54.4 Å². The zero-order valence-corrected chi connectivity index (χ0v) is 13.3. The molecule has 0 aromatic rings. The summed E-state index contributed by atoms with van der Waals surface area (Å²) < 4.78 is 5.43. The molecule has 0 aliphatic heterocycles. The smallest absolute Gasteiger partial charge is 0.306 e. The number of rotatable bonds is 7. The lowest BCUT2D eigenvalue weighted by Crippen LogP contribution is -2.36. The molecule has 0 heterocycles. The lowest BCUT2D eigenvalue weighted by molar-refractivity contribution is -0.162. The van der Waals surface area contributed by atoms with Crippen molar-refractivity contribution in [2.24, 2.45) is 17.3 Å². The second-order valence-electron chi connectivity index (χ2n) is 6.63. The minimum Gasteiger partial charge on any atom is -0.481 e. The van der Waals surface area contributed by atoms with Gasteiger partial charge in [0, 0.05) is 6.42 Å². The second kappa shape index (κ2) is 6.78. The van der Waals surface area contributed by atoms with Crippen LogP contribution in [0.3, 0.4) is 0 Å². The van der Waals surface area contributed by atoms with Crippen molar-refractivity contribution in [3.63, 3.8) is 0 Å². The van der Waals surface area contributed by atoms with E-state index in [0.717, 1.165) is 0 Å². The number of carboxylic acid groups (broad SMARTS) is 1. The summed E-state index contributed by atoms with van der Waals surface area (Å²) in [6.45, 7) is 10.9. The molecule has 20 heavy (non-hydrogen) atoms. The SMILES string of the molecule is C#CC(C)C(C)(C)OC(=O)CC(C)C(C)(C)CC(=O)O. The number of esters is 1. The molecule has 0 saturated heterocycles. The number of hydrogen-bond acceptors (Lipinski definition) is 3. The Morgan fingerprint density at radius 2 is 1.75 bits per heavy atom. The Kier molecular flexibility index (Phi) is 6.28. The maximum Gasteiger partial charge on any atom is 0.306 e. The van der Waals surface area contributed by atoms with Gasteiger partial charge in [0.2, 0.25) is 0 Å². The van der Waals surface area contributed by atoms with Gasteiger partial charge in [0.1, 0.15) is 5.60 Å². The van der Waals surface area contributed by atoms with Crippen molar-refractivity contribution in [2.45, 2.75) is 60.0 Å². The second-order valence-corrected chi connectivity index (χ2v) is 6.63. The zero-order valence-electron chi connectivity index (χ0n) is 13.3. The third-order valence-electron chi connectivity index (χ3n) is 4.08. The molecule has 2 unspecified atom stereocenters. The van der Waals surface area contributed by atoms with E-state index in [4.69, 9.17) is 16.3 Å². The number of terminal acetylenes is 1. The molecule has 114 valence electrons. The van der Waals surface area contributed by atoms with Crippen LogP contribution < -0.4 is 0 Å². The van der Waals surface area contributed by atoms with Crippen molar-refractivity contribution in [3.8, 4) is 12.3 Å². The summed E-state index contributed by atoms with van der Waals surface area (Å²) >= 11 is 0. The van der Waals surface area contributed by atoms with Crippen molar-refractivity contribution in [2.75, 3.05) is 0 Å². The monoisotopic (exact) mass is 282 g/mol. The number of ether oxygens (including phenoxy) is 1. The number of carbonyl (C=O) groups excluding carboxylic acids is 1. The number of hydrogen-bond donors (Lipinski definition) is 1. The van der Waals surface area contributed by atoms with Crippen molar-refractivity contribution in [1.82, 2.24) is 0 Å². The Morgan fingerprint density at radius 3 is 2.15 bits per heavy atom. The van der Waals surface area contributed by atoms with Crippen molar-refractivity contribution in [1.29, 1.82) is 0 Å². The molecule has 0 aliphatic carbocycles. The Morgan fingerprint density at radius 1 is 1.25 bits per heavy atom. The predicted molar refractivity (Wildman–Crippen MR) is 78.0 cm³/mol. The highest BCUT2D eigenvalue weighted by molar-refractivity contribution is 5.71. The van der Waals surface area contributed by atoms with E-state index in [0.29, 0.717) is 0 Å². The summed E-state index contributed by atoms with van der Waals surface area (Å²) in [5, 5.41) is 8.88. The van der Waals surface area contributed by atoms with Gasteiger partial charge in [-0.05, 0) is 32.1 Å². The van der Waals surface area contributed by atoms with Gasteiger partial charge in [0.15, 0.2) is 0 Å². The Labute approximate surface area is 121 Å². The van der Waals surface area contributed by atoms with E-state index in [1.165, 1.54) is 0 Å². The maximum absolute atomic E-state index is 12.0. The quantitative estimate of drug-likeness (QED) is 0.575. The lowest BCUT2D eigenvalue weighted by Gasteiger charge is -2.32. The minimum absolute atomic E-state index is 0.0194. The molecule has 0 amide bonds. The van der Waals surface area contributed by atoms with Crippen molar-refractivity contribution in [3.05, 3.63) is 0 Å². The van der Waals surface area contributed by atoms with E-state index in [2.05, 4.69) is 5.92 Å². The third-order valence-corrected chi connectivity index (χ3v) is 4.08. The third kappa shape index (κ3) is 5.64. The Hall–Kier alpha value is -1.50. The summed E-state index contributed by atoms with van der Waals surface area (Å²) in [5.41, 5.74) is -1.19. The molecule has 0 saturated carbocycles. The molecule has 0 radical (unpaired) electrons. The Bertz CT molecular complexity index is 401. The Balaban J connectivity index is 4.63. The van der Waals surface area contributed by atoms with Gasteiger partial charge in [-0.15, -0.1) is 6.42 Å². The molecule has 0 spiro atoms. The number of carboxylic acids is 1. The van der Waals surface area contributed by atoms with Gasteiger partial charge >= 0.3 is 11.9 Å².